The van der Waals surface area contributed by atoms with E-state index in [1.165, 1.54) is 0 Å². The van der Waals surface area contributed by atoms with Gasteiger partial charge in [-0.25, -0.2) is 0 Å². The molecule has 1 amide bonds. The van der Waals surface area contributed by atoms with E-state index in [4.69, 9.17) is 5.11 Å². The molecule has 0 heterocycles. The molecule has 0 aliphatic heterocycles. The van der Waals surface area contributed by atoms with Gasteiger partial charge in [0.25, 0.3) is 0 Å². The Balaban J connectivity index is 2.60. The van der Waals surface area contributed by atoms with Gasteiger partial charge >= 0.3 is 5.97 Å². The summed E-state index contributed by atoms with van der Waals surface area (Å²) in [6.45, 7) is 7.64. The maximum atomic E-state index is 12.4. The summed E-state index contributed by atoms with van der Waals surface area (Å²) >= 11 is 0. The Bertz CT molecular complexity index is 477. The lowest BCUT2D eigenvalue weighted by atomic mass is 9.95. The van der Waals surface area contributed by atoms with Gasteiger partial charge in [0.15, 0.2) is 0 Å². The van der Waals surface area contributed by atoms with Crippen LogP contribution in [0.4, 0.5) is 0 Å². The first-order chi connectivity index (χ1) is 10.3. The number of unbranched alkanes of at least 4 members (excludes halogenated alkanes) is 1. The van der Waals surface area contributed by atoms with E-state index < -0.39 is 5.97 Å². The quantitative estimate of drug-likeness (QED) is 0.745. The molecule has 0 spiro atoms. The van der Waals surface area contributed by atoms with E-state index in [9.17, 15) is 9.59 Å². The number of rotatable bonds is 8. The van der Waals surface area contributed by atoms with Crippen LogP contribution in [-0.2, 0) is 16.1 Å². The van der Waals surface area contributed by atoms with Crippen LogP contribution in [-0.4, -0.2) is 28.4 Å². The molecule has 4 heteroatoms. The molecule has 0 saturated carbocycles. The molecule has 0 aliphatic carbocycles. The summed E-state index contributed by atoms with van der Waals surface area (Å²) in [5, 5.41) is 8.64. The van der Waals surface area contributed by atoms with Crippen LogP contribution in [0.2, 0.25) is 0 Å². The second-order valence-electron chi connectivity index (χ2n) is 6.90. The van der Waals surface area contributed by atoms with Crippen molar-refractivity contribution in [1.29, 1.82) is 0 Å². The minimum atomic E-state index is -0.803. The molecule has 1 aromatic rings. The van der Waals surface area contributed by atoms with Gasteiger partial charge < -0.3 is 10.0 Å². The van der Waals surface area contributed by atoms with Gasteiger partial charge in [-0.2, -0.15) is 0 Å². The molecular weight excluding hydrogens is 278 g/mol. The summed E-state index contributed by atoms with van der Waals surface area (Å²) in [5.74, 6) is -0.701. The summed E-state index contributed by atoms with van der Waals surface area (Å²) < 4.78 is 0. The van der Waals surface area contributed by atoms with Crippen LogP contribution in [0.1, 0.15) is 52.0 Å². The minimum absolute atomic E-state index is 0.0332. The van der Waals surface area contributed by atoms with E-state index >= 15 is 0 Å². The van der Waals surface area contributed by atoms with Gasteiger partial charge in [-0.05, 0) is 23.8 Å². The Morgan fingerprint density at radius 1 is 1.05 bits per heavy atom. The minimum Gasteiger partial charge on any atom is -0.481 e. The fourth-order valence-corrected chi connectivity index (χ4v) is 2.32. The van der Waals surface area contributed by atoms with Crippen molar-refractivity contribution in [2.24, 2.45) is 5.41 Å². The third-order valence-corrected chi connectivity index (χ3v) is 3.27. The zero-order chi connectivity index (χ0) is 16.6. The third-order valence-electron chi connectivity index (χ3n) is 3.27. The number of carboxylic acid groups (broad SMARTS) is 1. The van der Waals surface area contributed by atoms with Crippen LogP contribution in [0.5, 0.6) is 0 Å². The maximum Gasteiger partial charge on any atom is 0.303 e. The highest BCUT2D eigenvalue weighted by molar-refractivity contribution is 5.76. The molecule has 22 heavy (non-hydrogen) atoms. The van der Waals surface area contributed by atoms with Crippen molar-refractivity contribution >= 4 is 11.9 Å². The Morgan fingerprint density at radius 3 is 2.18 bits per heavy atom. The topological polar surface area (TPSA) is 57.6 Å². The maximum absolute atomic E-state index is 12.4. The predicted molar refractivity (Wildman–Crippen MR) is 87.4 cm³/mol. The number of hydrogen-bond donors (Lipinski definition) is 1. The summed E-state index contributed by atoms with van der Waals surface area (Å²) in [5.41, 5.74) is 1.15. The van der Waals surface area contributed by atoms with Gasteiger partial charge in [-0.15, -0.1) is 0 Å². The number of amides is 1. The van der Waals surface area contributed by atoms with Gasteiger partial charge in [0.05, 0.1) is 0 Å². The summed E-state index contributed by atoms with van der Waals surface area (Å²) in [7, 11) is 0. The largest absolute Gasteiger partial charge is 0.481 e. The van der Waals surface area contributed by atoms with Gasteiger partial charge in [0, 0.05) is 25.9 Å². The zero-order valence-electron chi connectivity index (χ0n) is 13.8. The summed E-state index contributed by atoms with van der Waals surface area (Å²) in [4.78, 5) is 24.8. The first-order valence-electron chi connectivity index (χ1n) is 7.81. The first kappa shape index (κ1) is 18.2. The molecule has 0 saturated heterocycles. The number of aliphatic carboxylic acids is 1. The van der Waals surface area contributed by atoms with Gasteiger partial charge in [-0.1, -0.05) is 51.1 Å². The Hall–Kier alpha value is -1.84. The van der Waals surface area contributed by atoms with Crippen LogP contribution in [0.3, 0.4) is 0 Å². The second kappa shape index (κ2) is 8.57. The van der Waals surface area contributed by atoms with Crippen LogP contribution >= 0.6 is 0 Å². The third kappa shape index (κ3) is 7.81. The van der Waals surface area contributed by atoms with Crippen molar-refractivity contribution < 1.29 is 14.7 Å². The van der Waals surface area contributed by atoms with Crippen molar-refractivity contribution in [3.8, 4) is 0 Å². The number of hydrogen-bond acceptors (Lipinski definition) is 2. The van der Waals surface area contributed by atoms with Crippen molar-refractivity contribution in [2.45, 2.75) is 53.0 Å². The van der Waals surface area contributed by atoms with Gasteiger partial charge in [0.1, 0.15) is 0 Å². The molecule has 4 nitrogen and oxygen atoms in total. The SMILES string of the molecule is CC(C)(C)CN(Cc1ccccc1)C(=O)CCCCC(=O)O. The Kier molecular flexibility index (Phi) is 7.09. The molecule has 122 valence electrons. The van der Waals surface area contributed by atoms with Crippen LogP contribution in [0.25, 0.3) is 0 Å². The van der Waals surface area contributed by atoms with E-state index in [2.05, 4.69) is 20.8 Å². The average Bonchev–Trinajstić information content (AvgIpc) is 2.42. The highest BCUT2D eigenvalue weighted by Crippen LogP contribution is 2.18. The fourth-order valence-electron chi connectivity index (χ4n) is 2.32. The highest BCUT2D eigenvalue weighted by atomic mass is 16.4. The number of benzene rings is 1. The number of carbonyl (C=O) groups excluding carboxylic acids is 1. The number of carbonyl (C=O) groups is 2. The van der Waals surface area contributed by atoms with Crippen LogP contribution in [0, 0.1) is 5.41 Å². The van der Waals surface area contributed by atoms with E-state index in [1.807, 2.05) is 35.2 Å². The second-order valence-corrected chi connectivity index (χ2v) is 6.90. The van der Waals surface area contributed by atoms with Crippen LogP contribution in [0.15, 0.2) is 30.3 Å². The monoisotopic (exact) mass is 305 g/mol. The summed E-state index contributed by atoms with van der Waals surface area (Å²) in [6, 6.07) is 9.95. The van der Waals surface area contributed by atoms with Crippen molar-refractivity contribution in [3.05, 3.63) is 35.9 Å². The number of nitrogens with zero attached hydrogens (tertiary/aromatic N) is 1. The van der Waals surface area contributed by atoms with E-state index in [1.54, 1.807) is 0 Å². The van der Waals surface area contributed by atoms with Crippen molar-refractivity contribution in [3.63, 3.8) is 0 Å². The molecule has 0 unspecified atom stereocenters. The smallest absolute Gasteiger partial charge is 0.303 e. The van der Waals surface area contributed by atoms with Crippen LogP contribution < -0.4 is 0 Å². The molecule has 1 aromatic carbocycles. The average molecular weight is 305 g/mol. The van der Waals surface area contributed by atoms with E-state index in [0.717, 1.165) is 5.56 Å². The first-order valence-corrected chi connectivity index (χ1v) is 7.81. The predicted octanol–water partition coefficient (Wildman–Crippen LogP) is 3.71. The molecule has 0 atom stereocenters. The van der Waals surface area contributed by atoms with E-state index in [0.29, 0.717) is 32.4 Å². The molecule has 0 radical (unpaired) electrons. The number of carboxylic acids is 1. The lowest BCUT2D eigenvalue weighted by Crippen LogP contribution is -2.37. The van der Waals surface area contributed by atoms with Crippen molar-refractivity contribution in [1.82, 2.24) is 4.90 Å². The Morgan fingerprint density at radius 2 is 1.64 bits per heavy atom. The molecule has 1 N–H and O–H groups in total. The zero-order valence-corrected chi connectivity index (χ0v) is 13.8. The standard InChI is InChI=1S/C18H27NO3/c1-18(2,3)14-19(13-15-9-5-4-6-10-15)16(20)11-7-8-12-17(21)22/h4-6,9-10H,7-8,11-14H2,1-3H3,(H,21,22). The van der Waals surface area contributed by atoms with Gasteiger partial charge in [-0.3, -0.25) is 9.59 Å². The molecule has 0 fully saturated rings. The van der Waals surface area contributed by atoms with Gasteiger partial charge in [0.2, 0.25) is 5.91 Å². The van der Waals surface area contributed by atoms with Crippen molar-refractivity contribution in [2.75, 3.05) is 6.54 Å². The normalized spacial score (nSPS) is 11.2. The lowest BCUT2D eigenvalue weighted by molar-refractivity contribution is -0.138. The fraction of sp³-hybridized carbons (Fsp3) is 0.556. The van der Waals surface area contributed by atoms with E-state index in [-0.39, 0.29) is 17.7 Å². The molecule has 1 rings (SSSR count). The molecular formula is C18H27NO3. The summed E-state index contributed by atoms with van der Waals surface area (Å²) in [6.07, 6.45) is 1.72. The highest BCUT2D eigenvalue weighted by Gasteiger charge is 2.21. The molecule has 0 bridgehead atoms. The Labute approximate surface area is 133 Å². The lowest BCUT2D eigenvalue weighted by Gasteiger charge is -2.30. The molecule has 0 aromatic heterocycles. The molecule has 0 aliphatic rings.